The number of aliphatic carboxylic acids is 2. The molecule has 6 heteroatoms. The molecule has 4 nitrogen and oxygen atoms in total. The van der Waals surface area contributed by atoms with Gasteiger partial charge in [-0.25, -0.2) is 0 Å². The van der Waals surface area contributed by atoms with Crippen LogP contribution in [0.15, 0.2) is 0 Å². The van der Waals surface area contributed by atoms with E-state index in [9.17, 15) is 19.8 Å². The Morgan fingerprint density at radius 3 is 1.57 bits per heavy atom. The smallest absolute Gasteiger partial charge is 0.549 e. The second-order valence-corrected chi connectivity index (χ2v) is 3.09. The summed E-state index contributed by atoms with van der Waals surface area (Å²) in [6.45, 7) is 4.38. The number of hydrogen-bond acceptors (Lipinski definition) is 4. The average molecular weight is 250 g/mol. The van der Waals surface area contributed by atoms with Crippen molar-refractivity contribution in [2.75, 3.05) is 0 Å². The van der Waals surface area contributed by atoms with Crippen LogP contribution in [-0.4, -0.2) is 11.9 Å². The van der Waals surface area contributed by atoms with Crippen LogP contribution < -0.4 is 113 Å². The standard InChI is InChI=1S/C8H14O4.2K/c1-4-5(2)8(3,6(9)10)7(11)12;;/h5H,4H2,1-3H3,(H,9,10)(H,11,12);;/q;2*+1/p-2. The first-order chi connectivity index (χ1) is 5.37. The van der Waals surface area contributed by atoms with Crippen LogP contribution in [0.1, 0.15) is 27.2 Å². The number of rotatable bonds is 4. The number of carbonyl (C=O) groups excluding carboxylic acids is 2. The molecule has 0 heterocycles. The minimum atomic E-state index is -1.88. The van der Waals surface area contributed by atoms with Crippen LogP contribution in [0.4, 0.5) is 0 Å². The maximum atomic E-state index is 10.5. The Hall–Kier alpha value is 2.21. The van der Waals surface area contributed by atoms with E-state index in [0.29, 0.717) is 6.42 Å². The van der Waals surface area contributed by atoms with Gasteiger partial charge in [0.15, 0.2) is 0 Å². The SMILES string of the molecule is CCC(C)C(C)(C(=O)[O-])C(=O)[O-].[K+].[K+]. The summed E-state index contributed by atoms with van der Waals surface area (Å²) in [6.07, 6.45) is 0.457. The van der Waals surface area contributed by atoms with E-state index in [4.69, 9.17) is 0 Å². The van der Waals surface area contributed by atoms with Gasteiger partial charge in [0.1, 0.15) is 0 Å². The van der Waals surface area contributed by atoms with Crippen molar-refractivity contribution in [3.8, 4) is 0 Å². The molecule has 0 spiro atoms. The quantitative estimate of drug-likeness (QED) is 0.367. The third-order valence-electron chi connectivity index (χ3n) is 2.45. The molecular weight excluding hydrogens is 238 g/mol. The second kappa shape index (κ2) is 9.26. The van der Waals surface area contributed by atoms with E-state index in [1.54, 1.807) is 13.8 Å². The molecular formula is C8H12K2O4. The first-order valence-corrected chi connectivity index (χ1v) is 3.80. The predicted molar refractivity (Wildman–Crippen MR) is 37.6 cm³/mol. The summed E-state index contributed by atoms with van der Waals surface area (Å²) in [7, 11) is 0. The monoisotopic (exact) mass is 250 g/mol. The molecule has 0 fully saturated rings. The molecule has 0 aliphatic heterocycles. The van der Waals surface area contributed by atoms with Gasteiger partial charge in [-0.15, -0.1) is 0 Å². The van der Waals surface area contributed by atoms with Gasteiger partial charge in [0.25, 0.3) is 0 Å². The molecule has 14 heavy (non-hydrogen) atoms. The molecule has 0 radical (unpaired) electrons. The maximum absolute atomic E-state index is 10.5. The van der Waals surface area contributed by atoms with Crippen LogP contribution in [0.2, 0.25) is 0 Å². The van der Waals surface area contributed by atoms with Crippen LogP contribution in [0, 0.1) is 11.3 Å². The predicted octanol–water partition coefficient (Wildman–Crippen LogP) is -7.45. The van der Waals surface area contributed by atoms with Gasteiger partial charge in [0, 0.05) is 5.41 Å². The molecule has 1 unspecified atom stereocenters. The van der Waals surface area contributed by atoms with E-state index in [0.717, 1.165) is 6.92 Å². The second-order valence-electron chi connectivity index (χ2n) is 3.09. The molecule has 0 aromatic rings. The minimum Gasteiger partial charge on any atom is -0.549 e. The first kappa shape index (κ1) is 21.5. The molecule has 1 atom stereocenters. The summed E-state index contributed by atoms with van der Waals surface area (Å²) in [5.74, 6) is -3.67. The number of carboxylic acids is 2. The van der Waals surface area contributed by atoms with E-state index in [1.165, 1.54) is 0 Å². The zero-order valence-electron chi connectivity index (χ0n) is 9.42. The largest absolute Gasteiger partial charge is 1.00 e. The molecule has 0 aliphatic rings. The Balaban J connectivity index is -0.000000605. The van der Waals surface area contributed by atoms with Crippen molar-refractivity contribution in [2.45, 2.75) is 27.2 Å². The van der Waals surface area contributed by atoms with E-state index in [2.05, 4.69) is 0 Å². The van der Waals surface area contributed by atoms with Crippen molar-refractivity contribution < 1.29 is 123 Å². The van der Waals surface area contributed by atoms with Gasteiger partial charge in [-0.2, -0.15) is 0 Å². The summed E-state index contributed by atoms with van der Waals surface area (Å²) in [5, 5.41) is 21.1. The Morgan fingerprint density at radius 2 is 1.50 bits per heavy atom. The molecule has 0 saturated carbocycles. The summed E-state index contributed by atoms with van der Waals surface area (Å²) < 4.78 is 0. The maximum Gasteiger partial charge on any atom is 1.00 e. The zero-order chi connectivity index (χ0) is 9.94. The topological polar surface area (TPSA) is 80.3 Å². The Labute approximate surface area is 169 Å². The van der Waals surface area contributed by atoms with Gasteiger partial charge in [-0.05, 0) is 12.8 Å². The van der Waals surface area contributed by atoms with Crippen LogP contribution in [0.3, 0.4) is 0 Å². The van der Waals surface area contributed by atoms with Gasteiger partial charge in [-0.1, -0.05) is 20.3 Å². The molecule has 0 bridgehead atoms. The normalized spacial score (nSPS) is 11.9. The van der Waals surface area contributed by atoms with E-state index < -0.39 is 23.3 Å². The molecule has 0 N–H and O–H groups in total. The Bertz CT molecular complexity index is 192. The summed E-state index contributed by atoms with van der Waals surface area (Å²) in [6, 6.07) is 0. The summed E-state index contributed by atoms with van der Waals surface area (Å²) >= 11 is 0. The molecule has 70 valence electrons. The number of hydrogen-bond donors (Lipinski definition) is 0. The van der Waals surface area contributed by atoms with Gasteiger partial charge in [0.2, 0.25) is 0 Å². The third-order valence-corrected chi connectivity index (χ3v) is 2.45. The van der Waals surface area contributed by atoms with Crippen molar-refractivity contribution in [1.29, 1.82) is 0 Å². The Kier molecular flexibility index (Phi) is 14.2. The first-order valence-electron chi connectivity index (χ1n) is 3.80. The van der Waals surface area contributed by atoms with Crippen molar-refractivity contribution in [2.24, 2.45) is 11.3 Å². The fourth-order valence-electron chi connectivity index (χ4n) is 0.894. The van der Waals surface area contributed by atoms with Gasteiger partial charge in [0.05, 0.1) is 11.9 Å². The number of carbonyl (C=O) groups is 2. The van der Waals surface area contributed by atoms with Crippen LogP contribution in [0.5, 0.6) is 0 Å². The van der Waals surface area contributed by atoms with Crippen LogP contribution in [0.25, 0.3) is 0 Å². The summed E-state index contributed by atoms with van der Waals surface area (Å²) in [4.78, 5) is 21.1. The van der Waals surface area contributed by atoms with Gasteiger partial charge in [-0.3, -0.25) is 0 Å². The van der Waals surface area contributed by atoms with E-state index in [-0.39, 0.29) is 103 Å². The molecule has 0 saturated heterocycles. The molecule has 0 amide bonds. The summed E-state index contributed by atoms with van der Waals surface area (Å²) in [5.41, 5.74) is -1.88. The van der Waals surface area contributed by atoms with Crippen molar-refractivity contribution in [3.05, 3.63) is 0 Å². The van der Waals surface area contributed by atoms with Crippen molar-refractivity contribution >= 4 is 11.9 Å². The third kappa shape index (κ3) is 5.03. The minimum absolute atomic E-state index is 0. The van der Waals surface area contributed by atoms with Crippen molar-refractivity contribution in [1.82, 2.24) is 0 Å². The molecule has 0 aromatic carbocycles. The zero-order valence-corrected chi connectivity index (χ0v) is 15.7. The van der Waals surface area contributed by atoms with E-state index in [1.807, 2.05) is 0 Å². The van der Waals surface area contributed by atoms with Crippen molar-refractivity contribution in [3.63, 3.8) is 0 Å². The fourth-order valence-corrected chi connectivity index (χ4v) is 0.894. The van der Waals surface area contributed by atoms with Crippen LogP contribution >= 0.6 is 0 Å². The average Bonchev–Trinajstić information content (AvgIpc) is 2.00. The van der Waals surface area contributed by atoms with Gasteiger partial charge >= 0.3 is 103 Å². The fraction of sp³-hybridized carbons (Fsp3) is 0.750. The molecule has 0 aromatic heterocycles. The van der Waals surface area contributed by atoms with Gasteiger partial charge < -0.3 is 19.8 Å². The van der Waals surface area contributed by atoms with E-state index >= 15 is 0 Å². The van der Waals surface area contributed by atoms with Crippen LogP contribution in [-0.2, 0) is 9.59 Å². The number of carboxylic acid groups (broad SMARTS) is 2. The molecule has 0 aliphatic carbocycles. The Morgan fingerprint density at radius 1 is 1.21 bits per heavy atom. The molecule has 0 rings (SSSR count).